The van der Waals surface area contributed by atoms with E-state index in [0.717, 1.165) is 5.56 Å². The number of para-hydroxylation sites is 1. The van der Waals surface area contributed by atoms with Crippen LogP contribution in [-0.4, -0.2) is 23.7 Å². The molecule has 2 rings (SSSR count). The Morgan fingerprint density at radius 1 is 1.38 bits per heavy atom. The van der Waals surface area contributed by atoms with Crippen molar-refractivity contribution in [1.82, 2.24) is 0 Å². The second-order valence-corrected chi connectivity index (χ2v) is 5.24. The minimum atomic E-state index is -0.519. The van der Waals surface area contributed by atoms with E-state index in [2.05, 4.69) is 10.5 Å². The molecule has 0 unspecified atom stereocenters. The lowest BCUT2D eigenvalue weighted by atomic mass is 10.2. The van der Waals surface area contributed by atoms with Crippen LogP contribution in [0, 0.1) is 17.0 Å². The van der Waals surface area contributed by atoms with Gasteiger partial charge >= 0.3 is 0 Å². The molecule has 0 spiro atoms. The van der Waals surface area contributed by atoms with Crippen molar-refractivity contribution >= 4 is 35.1 Å². The van der Waals surface area contributed by atoms with Crippen LogP contribution < -0.4 is 5.32 Å². The molecular formula is C16H14ClN3O4. The number of amides is 1. The van der Waals surface area contributed by atoms with Gasteiger partial charge in [0, 0.05) is 16.8 Å². The zero-order valence-corrected chi connectivity index (χ0v) is 13.5. The number of carbonyl (C=O) groups is 1. The van der Waals surface area contributed by atoms with E-state index in [1.807, 2.05) is 6.92 Å². The quantitative estimate of drug-likeness (QED) is 0.491. The maximum Gasteiger partial charge on any atom is 0.278 e. The van der Waals surface area contributed by atoms with Gasteiger partial charge in [-0.15, -0.1) is 0 Å². The van der Waals surface area contributed by atoms with Gasteiger partial charge < -0.3 is 10.2 Å². The first-order chi connectivity index (χ1) is 11.5. The second kappa shape index (κ2) is 8.07. The highest BCUT2D eigenvalue weighted by molar-refractivity contribution is 6.31. The van der Waals surface area contributed by atoms with Crippen molar-refractivity contribution in [3.05, 3.63) is 68.7 Å². The zero-order chi connectivity index (χ0) is 17.5. The number of nitro benzene ring substituents is 1. The predicted molar refractivity (Wildman–Crippen MR) is 91.5 cm³/mol. The fourth-order valence-corrected chi connectivity index (χ4v) is 2.00. The highest BCUT2D eigenvalue weighted by Gasteiger charge is 2.10. The van der Waals surface area contributed by atoms with E-state index < -0.39 is 10.8 Å². The summed E-state index contributed by atoms with van der Waals surface area (Å²) < 4.78 is 0. The van der Waals surface area contributed by atoms with E-state index in [4.69, 9.17) is 16.4 Å². The third kappa shape index (κ3) is 4.79. The van der Waals surface area contributed by atoms with Gasteiger partial charge in [0.05, 0.1) is 16.7 Å². The first-order valence-electron chi connectivity index (χ1n) is 6.92. The van der Waals surface area contributed by atoms with Crippen molar-refractivity contribution < 1.29 is 14.6 Å². The molecule has 0 saturated heterocycles. The monoisotopic (exact) mass is 347 g/mol. The molecule has 0 aromatic heterocycles. The van der Waals surface area contributed by atoms with Crippen LogP contribution in [0.5, 0.6) is 0 Å². The van der Waals surface area contributed by atoms with Crippen LogP contribution in [0.3, 0.4) is 0 Å². The van der Waals surface area contributed by atoms with Gasteiger partial charge in [-0.3, -0.25) is 14.9 Å². The number of benzene rings is 2. The third-order valence-electron chi connectivity index (χ3n) is 3.05. The molecule has 0 heterocycles. The average Bonchev–Trinajstić information content (AvgIpc) is 2.55. The number of nitro groups is 1. The lowest BCUT2D eigenvalue weighted by Gasteiger charge is -2.06. The van der Waals surface area contributed by atoms with Crippen molar-refractivity contribution in [3.63, 3.8) is 0 Å². The smallest absolute Gasteiger partial charge is 0.278 e. The highest BCUT2D eigenvalue weighted by Crippen LogP contribution is 2.19. The highest BCUT2D eigenvalue weighted by atomic mass is 35.5. The summed E-state index contributed by atoms with van der Waals surface area (Å²) >= 11 is 5.97. The Morgan fingerprint density at radius 2 is 2.12 bits per heavy atom. The summed E-state index contributed by atoms with van der Waals surface area (Å²) in [5.74, 6) is -0.422. The summed E-state index contributed by atoms with van der Waals surface area (Å²) in [5.41, 5.74) is 1.64. The molecule has 0 aliphatic heterocycles. The number of oxime groups is 1. The van der Waals surface area contributed by atoms with Crippen molar-refractivity contribution in [2.24, 2.45) is 5.16 Å². The molecule has 2 aromatic carbocycles. The van der Waals surface area contributed by atoms with Crippen molar-refractivity contribution in [2.75, 3.05) is 11.9 Å². The van der Waals surface area contributed by atoms with Crippen molar-refractivity contribution in [2.45, 2.75) is 6.92 Å². The number of halogens is 1. The van der Waals surface area contributed by atoms with Crippen LogP contribution in [0.25, 0.3) is 0 Å². The summed E-state index contributed by atoms with van der Waals surface area (Å²) in [6.45, 7) is 1.52. The van der Waals surface area contributed by atoms with Crippen molar-refractivity contribution in [1.29, 1.82) is 0 Å². The SMILES string of the molecule is Cc1ccc(NC(=O)CO/N=C/c2ccccc2[N+](=O)[O-])cc1Cl. The Labute approximate surface area is 143 Å². The molecular weight excluding hydrogens is 334 g/mol. The molecule has 124 valence electrons. The molecule has 1 N–H and O–H groups in total. The lowest BCUT2D eigenvalue weighted by molar-refractivity contribution is -0.385. The van der Waals surface area contributed by atoms with E-state index in [1.165, 1.54) is 18.3 Å². The van der Waals surface area contributed by atoms with E-state index in [0.29, 0.717) is 10.7 Å². The molecule has 0 aliphatic rings. The van der Waals surface area contributed by atoms with Gasteiger partial charge in [-0.2, -0.15) is 0 Å². The first-order valence-corrected chi connectivity index (χ1v) is 7.30. The zero-order valence-electron chi connectivity index (χ0n) is 12.7. The number of rotatable bonds is 6. The van der Waals surface area contributed by atoms with Gasteiger partial charge in [0.25, 0.3) is 11.6 Å². The van der Waals surface area contributed by atoms with Crippen molar-refractivity contribution in [3.8, 4) is 0 Å². The molecule has 0 atom stereocenters. The minimum Gasteiger partial charge on any atom is -0.386 e. The fourth-order valence-electron chi connectivity index (χ4n) is 1.82. The number of nitrogens with one attached hydrogen (secondary N) is 1. The van der Waals surface area contributed by atoms with Gasteiger partial charge in [-0.1, -0.05) is 35.0 Å². The molecule has 2 aromatic rings. The number of anilines is 1. The van der Waals surface area contributed by atoms with Gasteiger partial charge in [0.15, 0.2) is 6.61 Å². The standard InChI is InChI=1S/C16H14ClN3O4/c1-11-6-7-13(8-14(11)17)19-16(21)10-24-18-9-12-4-2-3-5-15(12)20(22)23/h2-9H,10H2,1H3,(H,19,21)/b18-9+. The van der Waals surface area contributed by atoms with Crippen LogP contribution in [0.15, 0.2) is 47.6 Å². The Morgan fingerprint density at radius 3 is 2.83 bits per heavy atom. The van der Waals surface area contributed by atoms with E-state index in [1.54, 1.807) is 30.3 Å². The molecule has 0 aliphatic carbocycles. The van der Waals surface area contributed by atoms with Gasteiger partial charge in [0.2, 0.25) is 0 Å². The number of aryl methyl sites for hydroxylation is 1. The molecule has 0 radical (unpaired) electrons. The average molecular weight is 348 g/mol. The van der Waals surface area contributed by atoms with Crippen LogP contribution in [0.4, 0.5) is 11.4 Å². The Bertz CT molecular complexity index is 793. The van der Waals surface area contributed by atoms with Gasteiger partial charge in [-0.05, 0) is 30.7 Å². The first kappa shape index (κ1) is 17.4. The molecule has 7 nitrogen and oxygen atoms in total. The Kier molecular flexibility index (Phi) is 5.86. The molecule has 0 saturated carbocycles. The largest absolute Gasteiger partial charge is 0.386 e. The minimum absolute atomic E-state index is 0.0939. The fraction of sp³-hybridized carbons (Fsp3) is 0.125. The number of carbonyl (C=O) groups excluding carboxylic acids is 1. The molecule has 0 bridgehead atoms. The van der Waals surface area contributed by atoms with Crippen LogP contribution in [0.1, 0.15) is 11.1 Å². The summed E-state index contributed by atoms with van der Waals surface area (Å²) in [4.78, 5) is 26.9. The normalized spacial score (nSPS) is 10.6. The Hall–Kier alpha value is -2.93. The molecule has 24 heavy (non-hydrogen) atoms. The number of hydrogen-bond acceptors (Lipinski definition) is 5. The lowest BCUT2D eigenvalue weighted by Crippen LogP contribution is -2.17. The summed E-state index contributed by atoms with van der Waals surface area (Å²) in [5, 5.41) is 17.6. The predicted octanol–water partition coefficient (Wildman–Crippen LogP) is 3.55. The topological polar surface area (TPSA) is 93.8 Å². The maximum absolute atomic E-state index is 11.7. The Balaban J connectivity index is 1.88. The number of nitrogens with zero attached hydrogens (tertiary/aromatic N) is 2. The van der Waals surface area contributed by atoms with E-state index >= 15 is 0 Å². The molecule has 1 amide bonds. The van der Waals surface area contributed by atoms with Crippen LogP contribution in [0.2, 0.25) is 5.02 Å². The molecule has 0 fully saturated rings. The second-order valence-electron chi connectivity index (χ2n) is 4.84. The number of hydrogen-bond donors (Lipinski definition) is 1. The van der Waals surface area contributed by atoms with Gasteiger partial charge in [-0.25, -0.2) is 0 Å². The van der Waals surface area contributed by atoms with Crippen LogP contribution >= 0.6 is 11.6 Å². The summed E-state index contributed by atoms with van der Waals surface area (Å²) in [7, 11) is 0. The van der Waals surface area contributed by atoms with E-state index in [9.17, 15) is 14.9 Å². The van der Waals surface area contributed by atoms with Gasteiger partial charge in [0.1, 0.15) is 0 Å². The maximum atomic E-state index is 11.7. The third-order valence-corrected chi connectivity index (χ3v) is 3.46. The summed E-state index contributed by atoms with van der Waals surface area (Å²) in [6, 6.07) is 11.2. The molecule has 8 heteroatoms. The van der Waals surface area contributed by atoms with Crippen LogP contribution in [-0.2, 0) is 9.63 Å². The summed E-state index contributed by atoms with van der Waals surface area (Å²) in [6.07, 6.45) is 1.19. The van der Waals surface area contributed by atoms with E-state index in [-0.39, 0.29) is 17.9 Å².